The highest BCUT2D eigenvalue weighted by Crippen LogP contribution is 2.22. The van der Waals surface area contributed by atoms with Gasteiger partial charge in [0.25, 0.3) is 0 Å². The van der Waals surface area contributed by atoms with Gasteiger partial charge in [0.1, 0.15) is 0 Å². The van der Waals surface area contributed by atoms with Gasteiger partial charge >= 0.3 is 6.03 Å². The zero-order valence-electron chi connectivity index (χ0n) is 17.2. The zero-order chi connectivity index (χ0) is 22.1. The first kappa shape index (κ1) is 23.8. The first-order valence-corrected chi connectivity index (χ1v) is 11.3. The molecule has 0 atom stereocenters. The van der Waals surface area contributed by atoms with E-state index in [1.807, 2.05) is 26.0 Å². The molecule has 0 aliphatic carbocycles. The lowest BCUT2D eigenvalue weighted by Gasteiger charge is -2.25. The number of imide groups is 1. The van der Waals surface area contributed by atoms with Crippen molar-refractivity contribution in [3.8, 4) is 5.75 Å². The van der Waals surface area contributed by atoms with E-state index in [0.29, 0.717) is 25.9 Å². The van der Waals surface area contributed by atoms with E-state index >= 15 is 0 Å². The van der Waals surface area contributed by atoms with E-state index in [0.717, 1.165) is 6.07 Å². The fraction of sp³-hybridized carbons (Fsp3) is 0.500. The van der Waals surface area contributed by atoms with Gasteiger partial charge in [0.2, 0.25) is 15.9 Å². The standard InChI is InChI=1S/C20H28FN3O5S/c1-15(2)14-29-18-13-16(7-8-17(18)21)30(27,28)22-10-5-3-4-6-11-24-12-9-19(25)23-20(24)26/h4,6-8,13,15,22H,3,5,9-12,14H2,1-2H3,(H,23,25,26). The molecule has 1 aromatic carbocycles. The van der Waals surface area contributed by atoms with Crippen molar-refractivity contribution >= 4 is 22.0 Å². The lowest BCUT2D eigenvalue weighted by atomic mass is 10.2. The van der Waals surface area contributed by atoms with E-state index < -0.39 is 21.9 Å². The molecule has 166 valence electrons. The second-order valence-electron chi connectivity index (χ2n) is 7.36. The third-order valence-electron chi connectivity index (χ3n) is 4.26. The van der Waals surface area contributed by atoms with Crippen LogP contribution in [0.25, 0.3) is 0 Å². The van der Waals surface area contributed by atoms with E-state index in [9.17, 15) is 22.4 Å². The summed E-state index contributed by atoms with van der Waals surface area (Å²) in [4.78, 5) is 24.1. The number of hydrogen-bond acceptors (Lipinski definition) is 5. The van der Waals surface area contributed by atoms with Gasteiger partial charge in [0.15, 0.2) is 11.6 Å². The van der Waals surface area contributed by atoms with Crippen LogP contribution in [0.2, 0.25) is 0 Å². The molecule has 1 aliphatic rings. The van der Waals surface area contributed by atoms with E-state index in [1.165, 1.54) is 17.0 Å². The minimum atomic E-state index is -3.77. The van der Waals surface area contributed by atoms with Crippen LogP contribution in [-0.2, 0) is 14.8 Å². The Morgan fingerprint density at radius 2 is 2.07 bits per heavy atom. The van der Waals surface area contributed by atoms with Gasteiger partial charge in [-0.05, 0) is 30.9 Å². The number of amides is 3. The van der Waals surface area contributed by atoms with Crippen molar-refractivity contribution in [2.75, 3.05) is 26.2 Å². The van der Waals surface area contributed by atoms with Crippen molar-refractivity contribution in [3.05, 3.63) is 36.2 Å². The van der Waals surface area contributed by atoms with Crippen molar-refractivity contribution in [1.82, 2.24) is 14.9 Å². The topological polar surface area (TPSA) is 105 Å². The number of nitrogens with zero attached hydrogens (tertiary/aromatic N) is 1. The quantitative estimate of drug-likeness (QED) is 0.405. The van der Waals surface area contributed by atoms with Gasteiger partial charge in [0.05, 0.1) is 11.5 Å². The van der Waals surface area contributed by atoms with Crippen molar-refractivity contribution < 1.29 is 27.1 Å². The maximum Gasteiger partial charge on any atom is 0.324 e. The highest BCUT2D eigenvalue weighted by Gasteiger charge is 2.21. The minimum absolute atomic E-state index is 0.0520. The van der Waals surface area contributed by atoms with Gasteiger partial charge in [0, 0.05) is 32.1 Å². The first-order chi connectivity index (χ1) is 14.2. The maximum atomic E-state index is 13.8. The number of sulfonamides is 1. The van der Waals surface area contributed by atoms with Gasteiger partial charge < -0.3 is 9.64 Å². The van der Waals surface area contributed by atoms with Crippen LogP contribution in [0.15, 0.2) is 35.2 Å². The summed E-state index contributed by atoms with van der Waals surface area (Å²) in [5, 5.41) is 2.25. The molecule has 0 aromatic heterocycles. The molecule has 3 amide bonds. The van der Waals surface area contributed by atoms with Crippen molar-refractivity contribution in [3.63, 3.8) is 0 Å². The van der Waals surface area contributed by atoms with Gasteiger partial charge in [-0.1, -0.05) is 26.0 Å². The SMILES string of the molecule is CC(C)COc1cc(S(=O)(=O)NCCCC=CCN2CCC(=O)NC2=O)ccc1F. The third kappa shape index (κ3) is 7.42. The van der Waals surface area contributed by atoms with Crippen LogP contribution in [0.3, 0.4) is 0 Å². The molecule has 8 nitrogen and oxygen atoms in total. The van der Waals surface area contributed by atoms with E-state index in [2.05, 4.69) is 10.0 Å². The van der Waals surface area contributed by atoms with E-state index in [1.54, 1.807) is 0 Å². The highest BCUT2D eigenvalue weighted by molar-refractivity contribution is 7.89. The number of ether oxygens (including phenoxy) is 1. The van der Waals surface area contributed by atoms with Gasteiger partial charge in [-0.25, -0.2) is 22.3 Å². The van der Waals surface area contributed by atoms with Crippen molar-refractivity contribution in [1.29, 1.82) is 0 Å². The average Bonchev–Trinajstić information content (AvgIpc) is 2.67. The number of rotatable bonds is 11. The fourth-order valence-electron chi connectivity index (χ4n) is 2.62. The Morgan fingerprint density at radius 1 is 1.30 bits per heavy atom. The predicted molar refractivity (Wildman–Crippen MR) is 110 cm³/mol. The summed E-state index contributed by atoms with van der Waals surface area (Å²) in [7, 11) is -3.77. The van der Waals surface area contributed by atoms with Crippen LogP contribution < -0.4 is 14.8 Å². The molecule has 0 radical (unpaired) electrons. The van der Waals surface area contributed by atoms with Crippen LogP contribution in [0.1, 0.15) is 33.1 Å². The number of hydrogen-bond donors (Lipinski definition) is 2. The molecule has 2 rings (SSSR count). The number of urea groups is 1. The second-order valence-corrected chi connectivity index (χ2v) is 9.12. The van der Waals surface area contributed by atoms with Crippen LogP contribution in [-0.4, -0.2) is 51.5 Å². The number of unbranched alkanes of at least 4 members (excludes halogenated alkanes) is 1. The number of halogens is 1. The molecule has 1 saturated heterocycles. The van der Waals surface area contributed by atoms with Gasteiger partial charge in [-0.15, -0.1) is 0 Å². The summed E-state index contributed by atoms with van der Waals surface area (Å²) in [6, 6.07) is 3.07. The largest absolute Gasteiger partial charge is 0.490 e. The molecule has 0 spiro atoms. The number of allylic oxidation sites excluding steroid dienone is 1. The number of nitrogens with one attached hydrogen (secondary N) is 2. The van der Waals surface area contributed by atoms with E-state index in [-0.39, 0.29) is 42.0 Å². The Balaban J connectivity index is 1.76. The normalized spacial score (nSPS) is 15.1. The summed E-state index contributed by atoms with van der Waals surface area (Å²) in [6.45, 7) is 5.10. The zero-order valence-corrected chi connectivity index (χ0v) is 18.0. The Kier molecular flexibility index (Phi) is 8.79. The molecule has 1 aromatic rings. The number of carbonyl (C=O) groups is 2. The Morgan fingerprint density at radius 3 is 2.77 bits per heavy atom. The number of carbonyl (C=O) groups excluding carboxylic acids is 2. The predicted octanol–water partition coefficient (Wildman–Crippen LogP) is 2.42. The summed E-state index contributed by atoms with van der Waals surface area (Å²) < 4.78 is 46.5. The van der Waals surface area contributed by atoms with Crippen molar-refractivity contribution in [2.45, 2.75) is 38.0 Å². The summed E-state index contributed by atoms with van der Waals surface area (Å²) in [5.41, 5.74) is 0. The molecular formula is C20H28FN3O5S. The number of benzene rings is 1. The summed E-state index contributed by atoms with van der Waals surface area (Å²) in [5.74, 6) is -0.778. The highest BCUT2D eigenvalue weighted by atomic mass is 32.2. The molecule has 0 unspecified atom stereocenters. The molecule has 0 saturated carbocycles. The smallest absolute Gasteiger partial charge is 0.324 e. The Bertz CT molecular complexity index is 886. The molecule has 2 N–H and O–H groups in total. The minimum Gasteiger partial charge on any atom is -0.490 e. The van der Waals surface area contributed by atoms with Crippen LogP contribution >= 0.6 is 0 Å². The van der Waals surface area contributed by atoms with Crippen LogP contribution in [0, 0.1) is 11.7 Å². The average molecular weight is 442 g/mol. The Labute approximate surface area is 176 Å². The van der Waals surface area contributed by atoms with E-state index in [4.69, 9.17) is 4.74 Å². The summed E-state index contributed by atoms with van der Waals surface area (Å²) >= 11 is 0. The molecular weight excluding hydrogens is 413 g/mol. The van der Waals surface area contributed by atoms with Crippen molar-refractivity contribution in [2.24, 2.45) is 5.92 Å². The van der Waals surface area contributed by atoms with Crippen LogP contribution in [0.4, 0.5) is 9.18 Å². The Hall–Kier alpha value is -2.46. The molecule has 1 aliphatic heterocycles. The second kappa shape index (κ2) is 11.1. The molecule has 0 bridgehead atoms. The lowest BCUT2D eigenvalue weighted by molar-refractivity contribution is -0.121. The fourth-order valence-corrected chi connectivity index (χ4v) is 3.71. The molecule has 30 heavy (non-hydrogen) atoms. The molecule has 10 heteroatoms. The third-order valence-corrected chi connectivity index (χ3v) is 5.72. The first-order valence-electron chi connectivity index (χ1n) is 9.85. The summed E-state index contributed by atoms with van der Waals surface area (Å²) in [6.07, 6.45) is 5.12. The van der Waals surface area contributed by atoms with Gasteiger partial charge in [-0.2, -0.15) is 0 Å². The molecule has 1 fully saturated rings. The maximum absolute atomic E-state index is 13.8. The molecule has 1 heterocycles. The monoisotopic (exact) mass is 441 g/mol. The van der Waals surface area contributed by atoms with Crippen LogP contribution in [0.5, 0.6) is 5.75 Å². The van der Waals surface area contributed by atoms with Gasteiger partial charge in [-0.3, -0.25) is 10.1 Å². The lowest BCUT2D eigenvalue weighted by Crippen LogP contribution is -2.49.